The molecule has 3 nitrogen and oxygen atoms in total. The van der Waals surface area contributed by atoms with Gasteiger partial charge in [0.05, 0.1) is 12.6 Å². The Balaban J connectivity index is 1.83. The Morgan fingerprint density at radius 2 is 1.37 bits per heavy atom. The third kappa shape index (κ3) is 4.45. The van der Waals surface area contributed by atoms with Gasteiger partial charge in [-0.1, -0.05) is 72.8 Å². The molecule has 3 rings (SSSR count). The Bertz CT molecular complexity index is 861. The first-order valence-corrected chi connectivity index (χ1v) is 8.87. The van der Waals surface area contributed by atoms with Gasteiger partial charge in [0.1, 0.15) is 5.75 Å². The highest BCUT2D eigenvalue weighted by atomic mass is 16.5. The van der Waals surface area contributed by atoms with Crippen LogP contribution in [0, 0.1) is 0 Å². The molecule has 0 aliphatic heterocycles. The van der Waals surface area contributed by atoms with E-state index in [2.05, 4.69) is 5.32 Å². The number of ether oxygens (including phenoxy) is 1. The standard InChI is InChI=1S/C24H23NO2/c1-24(20-9-5-3-6-10-20,21-11-7-4-8-12-21)25-23(26)18-15-19-13-16-22(27-2)17-14-19/h3-18H,1-2H3,(H,25,26)/b18-15+. The van der Waals surface area contributed by atoms with E-state index in [1.807, 2.05) is 91.9 Å². The van der Waals surface area contributed by atoms with Crippen LogP contribution in [0.15, 0.2) is 91.0 Å². The van der Waals surface area contributed by atoms with E-state index in [9.17, 15) is 4.79 Å². The lowest BCUT2D eigenvalue weighted by atomic mass is 9.84. The molecule has 0 saturated heterocycles. The van der Waals surface area contributed by atoms with Gasteiger partial charge in [-0.15, -0.1) is 0 Å². The Morgan fingerprint density at radius 1 is 0.852 bits per heavy atom. The second kappa shape index (κ2) is 8.37. The van der Waals surface area contributed by atoms with Crippen LogP contribution in [0.25, 0.3) is 6.08 Å². The first-order valence-electron chi connectivity index (χ1n) is 8.87. The van der Waals surface area contributed by atoms with E-state index in [0.717, 1.165) is 22.4 Å². The SMILES string of the molecule is COc1ccc(/C=C/C(=O)NC(C)(c2ccccc2)c2ccccc2)cc1. The number of hydrogen-bond acceptors (Lipinski definition) is 2. The number of hydrogen-bond donors (Lipinski definition) is 1. The minimum absolute atomic E-state index is 0.152. The fourth-order valence-electron chi connectivity index (χ4n) is 3.03. The van der Waals surface area contributed by atoms with Crippen molar-refractivity contribution in [1.29, 1.82) is 0 Å². The lowest BCUT2D eigenvalue weighted by Crippen LogP contribution is -2.43. The van der Waals surface area contributed by atoms with Crippen LogP contribution in [-0.4, -0.2) is 13.0 Å². The molecule has 0 heterocycles. The Morgan fingerprint density at radius 3 is 1.85 bits per heavy atom. The molecule has 0 bridgehead atoms. The first kappa shape index (κ1) is 18.5. The van der Waals surface area contributed by atoms with Crippen LogP contribution < -0.4 is 10.1 Å². The smallest absolute Gasteiger partial charge is 0.244 e. The average Bonchev–Trinajstić information content (AvgIpc) is 2.74. The normalized spacial score (nSPS) is 11.3. The molecule has 0 aliphatic carbocycles. The van der Waals surface area contributed by atoms with Crippen molar-refractivity contribution in [2.24, 2.45) is 0 Å². The minimum atomic E-state index is -0.621. The van der Waals surface area contributed by atoms with E-state index in [-0.39, 0.29) is 5.91 Å². The predicted octanol–water partition coefficient (Wildman–Crippen LogP) is 4.79. The highest BCUT2D eigenvalue weighted by Gasteiger charge is 2.29. The van der Waals surface area contributed by atoms with Crippen LogP contribution in [0.1, 0.15) is 23.6 Å². The molecule has 3 aromatic carbocycles. The van der Waals surface area contributed by atoms with Crippen molar-refractivity contribution in [2.75, 3.05) is 7.11 Å². The third-order valence-electron chi connectivity index (χ3n) is 4.62. The zero-order valence-corrected chi connectivity index (χ0v) is 15.6. The second-order valence-electron chi connectivity index (χ2n) is 6.45. The van der Waals surface area contributed by atoms with Gasteiger partial charge in [-0.05, 0) is 41.8 Å². The molecule has 3 aromatic rings. The fraction of sp³-hybridized carbons (Fsp3) is 0.125. The fourth-order valence-corrected chi connectivity index (χ4v) is 3.03. The van der Waals surface area contributed by atoms with Crippen molar-refractivity contribution in [3.05, 3.63) is 108 Å². The summed E-state index contributed by atoms with van der Waals surface area (Å²) >= 11 is 0. The third-order valence-corrected chi connectivity index (χ3v) is 4.62. The van der Waals surface area contributed by atoms with E-state index in [4.69, 9.17) is 4.74 Å². The number of benzene rings is 3. The molecule has 0 saturated carbocycles. The molecular formula is C24H23NO2. The Hall–Kier alpha value is -3.33. The van der Waals surface area contributed by atoms with Gasteiger partial charge in [0.15, 0.2) is 0 Å². The van der Waals surface area contributed by atoms with Gasteiger partial charge in [0, 0.05) is 6.08 Å². The van der Waals surface area contributed by atoms with Crippen LogP contribution in [-0.2, 0) is 10.3 Å². The van der Waals surface area contributed by atoms with E-state index >= 15 is 0 Å². The molecule has 0 unspecified atom stereocenters. The number of rotatable bonds is 6. The summed E-state index contributed by atoms with van der Waals surface area (Å²) in [5.74, 6) is 0.637. The quantitative estimate of drug-likeness (QED) is 0.644. The molecule has 1 amide bonds. The first-order chi connectivity index (χ1) is 13.1. The van der Waals surface area contributed by atoms with Gasteiger partial charge in [-0.25, -0.2) is 0 Å². The zero-order valence-electron chi connectivity index (χ0n) is 15.6. The maximum absolute atomic E-state index is 12.7. The monoisotopic (exact) mass is 357 g/mol. The molecular weight excluding hydrogens is 334 g/mol. The van der Waals surface area contributed by atoms with E-state index in [0.29, 0.717) is 0 Å². The minimum Gasteiger partial charge on any atom is -0.497 e. The summed E-state index contributed by atoms with van der Waals surface area (Å²) in [7, 11) is 1.63. The number of nitrogens with one attached hydrogen (secondary N) is 1. The molecule has 136 valence electrons. The van der Waals surface area contributed by atoms with Crippen molar-refractivity contribution in [1.82, 2.24) is 5.32 Å². The van der Waals surface area contributed by atoms with Gasteiger partial charge in [-0.2, -0.15) is 0 Å². The molecule has 0 atom stereocenters. The van der Waals surface area contributed by atoms with Crippen molar-refractivity contribution in [2.45, 2.75) is 12.5 Å². The molecule has 0 aromatic heterocycles. The summed E-state index contributed by atoms with van der Waals surface area (Å²) in [6.07, 6.45) is 3.36. The molecule has 1 N–H and O–H groups in total. The van der Waals surface area contributed by atoms with Crippen LogP contribution >= 0.6 is 0 Å². The highest BCUT2D eigenvalue weighted by Crippen LogP contribution is 2.29. The maximum Gasteiger partial charge on any atom is 0.244 e. The topological polar surface area (TPSA) is 38.3 Å². The maximum atomic E-state index is 12.7. The highest BCUT2D eigenvalue weighted by molar-refractivity contribution is 5.92. The molecule has 0 radical (unpaired) electrons. The lowest BCUT2D eigenvalue weighted by Gasteiger charge is -2.31. The number of amides is 1. The molecule has 3 heteroatoms. The summed E-state index contributed by atoms with van der Waals surface area (Å²) in [4.78, 5) is 12.7. The summed E-state index contributed by atoms with van der Waals surface area (Å²) in [6, 6.07) is 27.6. The number of carbonyl (C=O) groups excluding carboxylic acids is 1. The second-order valence-corrected chi connectivity index (χ2v) is 6.45. The van der Waals surface area contributed by atoms with Crippen molar-refractivity contribution < 1.29 is 9.53 Å². The van der Waals surface area contributed by atoms with E-state index < -0.39 is 5.54 Å². The van der Waals surface area contributed by atoms with Crippen LogP contribution in [0.2, 0.25) is 0 Å². The van der Waals surface area contributed by atoms with Crippen molar-refractivity contribution in [3.63, 3.8) is 0 Å². The molecule has 0 aliphatic rings. The van der Waals surface area contributed by atoms with Gasteiger partial charge < -0.3 is 10.1 Å². The van der Waals surface area contributed by atoms with Crippen molar-refractivity contribution in [3.8, 4) is 5.75 Å². The van der Waals surface area contributed by atoms with Crippen LogP contribution in [0.3, 0.4) is 0 Å². The Kier molecular flexibility index (Phi) is 5.72. The van der Waals surface area contributed by atoms with Crippen molar-refractivity contribution >= 4 is 12.0 Å². The van der Waals surface area contributed by atoms with E-state index in [1.165, 1.54) is 0 Å². The molecule has 0 spiro atoms. The van der Waals surface area contributed by atoms with Gasteiger partial charge in [0.2, 0.25) is 5.91 Å². The van der Waals surface area contributed by atoms with Gasteiger partial charge >= 0.3 is 0 Å². The van der Waals surface area contributed by atoms with Gasteiger partial charge in [0.25, 0.3) is 0 Å². The average molecular weight is 357 g/mol. The summed E-state index contributed by atoms with van der Waals surface area (Å²) in [5, 5.41) is 3.17. The van der Waals surface area contributed by atoms with Crippen LogP contribution in [0.4, 0.5) is 0 Å². The molecule has 27 heavy (non-hydrogen) atoms. The predicted molar refractivity (Wildman–Crippen MR) is 110 cm³/mol. The van der Waals surface area contributed by atoms with E-state index in [1.54, 1.807) is 19.3 Å². The largest absolute Gasteiger partial charge is 0.497 e. The molecule has 0 fully saturated rings. The number of methoxy groups -OCH3 is 1. The summed E-state index contributed by atoms with van der Waals surface area (Å²) in [6.45, 7) is 2.02. The summed E-state index contributed by atoms with van der Waals surface area (Å²) < 4.78 is 5.16. The zero-order chi connectivity index (χ0) is 19.1. The van der Waals surface area contributed by atoms with Gasteiger partial charge in [-0.3, -0.25) is 4.79 Å². The number of carbonyl (C=O) groups is 1. The Labute approximate surface area is 160 Å². The summed E-state index contributed by atoms with van der Waals surface area (Å²) in [5.41, 5.74) is 2.38. The lowest BCUT2D eigenvalue weighted by molar-refractivity contribution is -0.117. The van der Waals surface area contributed by atoms with Crippen LogP contribution in [0.5, 0.6) is 5.75 Å².